The highest BCUT2D eigenvalue weighted by Crippen LogP contribution is 2.31. The van der Waals surface area contributed by atoms with E-state index >= 15 is 0 Å². The Kier molecular flexibility index (Phi) is 4.72. The smallest absolute Gasteiger partial charge is 0.257 e. The molecule has 23 heavy (non-hydrogen) atoms. The Bertz CT molecular complexity index is 711. The number of hydrogen-bond donors (Lipinski definition) is 2. The van der Waals surface area contributed by atoms with Crippen molar-refractivity contribution in [1.29, 1.82) is 0 Å². The van der Waals surface area contributed by atoms with E-state index in [1.165, 1.54) is 19.3 Å². The van der Waals surface area contributed by atoms with Gasteiger partial charge < -0.3 is 16.0 Å². The van der Waals surface area contributed by atoms with Gasteiger partial charge in [-0.3, -0.25) is 4.79 Å². The van der Waals surface area contributed by atoms with E-state index < -0.39 is 0 Å². The van der Waals surface area contributed by atoms with Crippen molar-refractivity contribution in [2.75, 3.05) is 29.0 Å². The lowest BCUT2D eigenvalue weighted by molar-refractivity contribution is 0.102. The van der Waals surface area contributed by atoms with Gasteiger partial charge in [-0.1, -0.05) is 23.7 Å². The van der Waals surface area contributed by atoms with Gasteiger partial charge in [0.1, 0.15) is 0 Å². The van der Waals surface area contributed by atoms with Crippen LogP contribution in [0.2, 0.25) is 5.02 Å². The molecule has 0 aromatic heterocycles. The number of amides is 1. The average molecular weight is 330 g/mol. The first kappa shape index (κ1) is 15.7. The number of carbonyl (C=O) groups excluding carboxylic acids is 1. The van der Waals surface area contributed by atoms with Crippen molar-refractivity contribution >= 4 is 34.6 Å². The lowest BCUT2D eigenvalue weighted by atomic mass is 10.1. The quantitative estimate of drug-likeness (QED) is 0.831. The summed E-state index contributed by atoms with van der Waals surface area (Å²) in [5.41, 5.74) is 8.74. The van der Waals surface area contributed by atoms with Crippen molar-refractivity contribution in [2.45, 2.75) is 19.3 Å². The molecular formula is C18H20ClN3O. The highest BCUT2D eigenvalue weighted by Gasteiger charge is 2.17. The van der Waals surface area contributed by atoms with E-state index in [0.29, 0.717) is 16.3 Å². The van der Waals surface area contributed by atoms with E-state index in [1.807, 2.05) is 12.1 Å². The van der Waals surface area contributed by atoms with E-state index in [4.69, 9.17) is 17.3 Å². The van der Waals surface area contributed by atoms with Gasteiger partial charge >= 0.3 is 0 Å². The Morgan fingerprint density at radius 3 is 2.57 bits per heavy atom. The van der Waals surface area contributed by atoms with Gasteiger partial charge in [0.25, 0.3) is 5.91 Å². The minimum atomic E-state index is -0.223. The predicted octanol–water partition coefficient (Wildman–Crippen LogP) is 4.16. The molecule has 0 saturated carbocycles. The minimum absolute atomic E-state index is 0.223. The van der Waals surface area contributed by atoms with Crippen molar-refractivity contribution in [2.24, 2.45) is 0 Å². The molecule has 1 saturated heterocycles. The fraction of sp³-hybridized carbons (Fsp3) is 0.278. The van der Waals surface area contributed by atoms with Gasteiger partial charge in [-0.15, -0.1) is 0 Å². The van der Waals surface area contributed by atoms with Crippen molar-refractivity contribution < 1.29 is 4.79 Å². The largest absolute Gasteiger partial charge is 0.399 e. The fourth-order valence-electron chi connectivity index (χ4n) is 2.90. The number of halogens is 1. The molecule has 3 N–H and O–H groups in total. The van der Waals surface area contributed by atoms with Gasteiger partial charge in [0, 0.05) is 18.8 Å². The number of nitrogens with two attached hydrogens (primary N) is 1. The van der Waals surface area contributed by atoms with Gasteiger partial charge in [-0.2, -0.15) is 0 Å². The van der Waals surface area contributed by atoms with Crippen molar-refractivity contribution in [3.8, 4) is 0 Å². The maximum Gasteiger partial charge on any atom is 0.257 e. The zero-order valence-electron chi connectivity index (χ0n) is 12.9. The molecule has 3 rings (SSSR count). The van der Waals surface area contributed by atoms with Crippen LogP contribution in [0.4, 0.5) is 17.1 Å². The van der Waals surface area contributed by atoms with Gasteiger partial charge in [-0.25, -0.2) is 0 Å². The van der Waals surface area contributed by atoms with Crippen LogP contribution in [0.25, 0.3) is 0 Å². The molecule has 2 aromatic rings. The van der Waals surface area contributed by atoms with Crippen LogP contribution < -0.4 is 16.0 Å². The first-order valence-electron chi connectivity index (χ1n) is 7.85. The van der Waals surface area contributed by atoms with Crippen molar-refractivity contribution in [3.63, 3.8) is 0 Å². The monoisotopic (exact) mass is 329 g/mol. The highest BCUT2D eigenvalue weighted by atomic mass is 35.5. The molecule has 0 bridgehead atoms. The summed E-state index contributed by atoms with van der Waals surface area (Å²) in [6.45, 7) is 2.00. The number of nitrogens with zero attached hydrogens (tertiary/aromatic N) is 1. The molecule has 0 spiro atoms. The number of nitrogens with one attached hydrogen (secondary N) is 1. The topological polar surface area (TPSA) is 58.4 Å². The van der Waals surface area contributed by atoms with Crippen LogP contribution in [0, 0.1) is 0 Å². The summed E-state index contributed by atoms with van der Waals surface area (Å²) in [5.74, 6) is -0.223. The fourth-order valence-corrected chi connectivity index (χ4v) is 3.12. The van der Waals surface area contributed by atoms with Crippen LogP contribution in [-0.2, 0) is 0 Å². The number of carbonyl (C=O) groups is 1. The van der Waals surface area contributed by atoms with Crippen molar-refractivity contribution in [1.82, 2.24) is 0 Å². The Hall–Kier alpha value is -2.20. The number of benzene rings is 2. The van der Waals surface area contributed by atoms with Crippen LogP contribution >= 0.6 is 11.6 Å². The summed E-state index contributed by atoms with van der Waals surface area (Å²) in [6.07, 6.45) is 3.59. The number of nitrogen functional groups attached to an aromatic ring is 1. The Balaban J connectivity index is 1.88. The molecule has 0 radical (unpaired) electrons. The molecule has 0 unspecified atom stereocenters. The number of anilines is 3. The maximum absolute atomic E-state index is 12.5. The van der Waals surface area contributed by atoms with Gasteiger partial charge in [0.05, 0.1) is 22.0 Å². The zero-order valence-corrected chi connectivity index (χ0v) is 13.6. The maximum atomic E-state index is 12.5. The number of hydrogen-bond acceptors (Lipinski definition) is 3. The molecule has 120 valence electrons. The molecule has 1 fully saturated rings. The summed E-state index contributed by atoms with van der Waals surface area (Å²) in [4.78, 5) is 14.8. The third-order valence-electron chi connectivity index (χ3n) is 4.08. The van der Waals surface area contributed by atoms with E-state index in [1.54, 1.807) is 30.3 Å². The van der Waals surface area contributed by atoms with E-state index in [0.717, 1.165) is 24.5 Å². The standard InChI is InChI=1S/C18H20ClN3O/c19-15-7-3-2-6-14(15)18(23)21-16-12-13(20)8-9-17(16)22-10-4-1-5-11-22/h2-3,6-9,12H,1,4-5,10-11,20H2,(H,21,23). The summed E-state index contributed by atoms with van der Waals surface area (Å²) in [7, 11) is 0. The molecule has 2 aromatic carbocycles. The lowest BCUT2D eigenvalue weighted by Crippen LogP contribution is -2.30. The number of piperidine rings is 1. The second-order valence-corrected chi connectivity index (χ2v) is 6.17. The molecular weight excluding hydrogens is 310 g/mol. The van der Waals surface area contributed by atoms with Crippen LogP contribution in [0.3, 0.4) is 0 Å². The van der Waals surface area contributed by atoms with E-state index in [2.05, 4.69) is 10.2 Å². The Morgan fingerprint density at radius 1 is 1.09 bits per heavy atom. The summed E-state index contributed by atoms with van der Waals surface area (Å²) < 4.78 is 0. The summed E-state index contributed by atoms with van der Waals surface area (Å²) >= 11 is 6.11. The van der Waals surface area contributed by atoms with Gasteiger partial charge in [0.15, 0.2) is 0 Å². The molecule has 1 aliphatic heterocycles. The summed E-state index contributed by atoms with van der Waals surface area (Å²) in [5, 5.41) is 3.40. The Labute approximate surface area is 141 Å². The lowest BCUT2D eigenvalue weighted by Gasteiger charge is -2.30. The van der Waals surface area contributed by atoms with Gasteiger partial charge in [0.2, 0.25) is 0 Å². The van der Waals surface area contributed by atoms with Crippen LogP contribution in [0.1, 0.15) is 29.6 Å². The first-order chi connectivity index (χ1) is 11.1. The molecule has 4 nitrogen and oxygen atoms in total. The van der Waals surface area contributed by atoms with E-state index in [-0.39, 0.29) is 5.91 Å². The molecule has 5 heteroatoms. The van der Waals surface area contributed by atoms with Gasteiger partial charge in [-0.05, 0) is 49.6 Å². The molecule has 1 aliphatic rings. The molecule has 1 heterocycles. The first-order valence-corrected chi connectivity index (χ1v) is 8.23. The second-order valence-electron chi connectivity index (χ2n) is 5.76. The zero-order chi connectivity index (χ0) is 16.2. The van der Waals surface area contributed by atoms with Crippen LogP contribution in [-0.4, -0.2) is 19.0 Å². The Morgan fingerprint density at radius 2 is 1.83 bits per heavy atom. The van der Waals surface area contributed by atoms with E-state index in [9.17, 15) is 4.79 Å². The summed E-state index contributed by atoms with van der Waals surface area (Å²) in [6, 6.07) is 12.7. The number of rotatable bonds is 3. The molecule has 0 aliphatic carbocycles. The van der Waals surface area contributed by atoms with Crippen molar-refractivity contribution in [3.05, 3.63) is 53.1 Å². The van der Waals surface area contributed by atoms with Crippen LogP contribution in [0.5, 0.6) is 0 Å². The normalized spacial score (nSPS) is 14.6. The highest BCUT2D eigenvalue weighted by molar-refractivity contribution is 6.34. The molecule has 1 amide bonds. The second kappa shape index (κ2) is 6.92. The molecule has 0 atom stereocenters. The average Bonchev–Trinajstić information content (AvgIpc) is 2.56. The third-order valence-corrected chi connectivity index (χ3v) is 4.41. The minimum Gasteiger partial charge on any atom is -0.399 e. The third kappa shape index (κ3) is 3.59. The predicted molar refractivity (Wildman–Crippen MR) is 96.3 cm³/mol. The SMILES string of the molecule is Nc1ccc(N2CCCCC2)c(NC(=O)c2ccccc2Cl)c1. The van der Waals surface area contributed by atoms with Crippen LogP contribution in [0.15, 0.2) is 42.5 Å².